The maximum Gasteiger partial charge on any atom is 0.237 e. The summed E-state index contributed by atoms with van der Waals surface area (Å²) in [6.45, 7) is 0.503. The highest BCUT2D eigenvalue weighted by Crippen LogP contribution is 2.40. The fourth-order valence-electron chi connectivity index (χ4n) is 1.64. The van der Waals surface area contributed by atoms with Crippen LogP contribution in [-0.4, -0.2) is 28.9 Å². The molecule has 3 N–H and O–H groups in total. The fraction of sp³-hybridized carbons (Fsp3) is 0.667. The Kier molecular flexibility index (Phi) is 5.03. The van der Waals surface area contributed by atoms with Gasteiger partial charge in [-0.3, -0.25) is 4.79 Å². The van der Waals surface area contributed by atoms with Crippen molar-refractivity contribution in [3.63, 3.8) is 0 Å². The van der Waals surface area contributed by atoms with Gasteiger partial charge in [-0.05, 0) is 31.3 Å². The van der Waals surface area contributed by atoms with Crippen LogP contribution in [0.2, 0.25) is 0 Å². The van der Waals surface area contributed by atoms with Crippen molar-refractivity contribution in [2.75, 3.05) is 12.0 Å². The highest BCUT2D eigenvalue weighted by molar-refractivity contribution is 7.98. The van der Waals surface area contributed by atoms with Crippen LogP contribution in [0.5, 0.6) is 0 Å². The summed E-state index contributed by atoms with van der Waals surface area (Å²) in [6, 6.07) is -0.402. The van der Waals surface area contributed by atoms with E-state index in [1.54, 1.807) is 23.1 Å². The average Bonchev–Trinajstić information content (AvgIpc) is 3.12. The van der Waals surface area contributed by atoms with Crippen LogP contribution in [-0.2, 0) is 11.3 Å². The van der Waals surface area contributed by atoms with Gasteiger partial charge in [0.15, 0.2) is 0 Å². The Hall–Kier alpha value is -0.590. The molecular weight excluding hydrogens is 266 g/mol. The maximum atomic E-state index is 11.7. The second kappa shape index (κ2) is 6.54. The van der Waals surface area contributed by atoms with Gasteiger partial charge in [0.1, 0.15) is 5.01 Å². The van der Waals surface area contributed by atoms with E-state index in [1.165, 1.54) is 18.5 Å². The van der Waals surface area contributed by atoms with E-state index in [-0.39, 0.29) is 5.91 Å². The lowest BCUT2D eigenvalue weighted by molar-refractivity contribution is -0.122. The maximum absolute atomic E-state index is 11.7. The summed E-state index contributed by atoms with van der Waals surface area (Å²) in [5.74, 6) is 1.51. The molecule has 2 rings (SSSR count). The molecule has 0 aromatic carbocycles. The summed E-state index contributed by atoms with van der Waals surface area (Å²) in [6.07, 6.45) is 5.25. The molecule has 0 aliphatic heterocycles. The van der Waals surface area contributed by atoms with Gasteiger partial charge in [-0.15, -0.1) is 11.3 Å². The lowest BCUT2D eigenvalue weighted by Crippen LogP contribution is -2.40. The number of carbonyl (C=O) groups excluding carboxylic acids is 1. The normalized spacial score (nSPS) is 16.6. The van der Waals surface area contributed by atoms with Crippen molar-refractivity contribution < 1.29 is 4.79 Å². The van der Waals surface area contributed by atoms with Crippen LogP contribution in [0.25, 0.3) is 0 Å². The second-order valence-corrected chi connectivity index (χ2v) is 6.47. The summed E-state index contributed by atoms with van der Waals surface area (Å²) in [4.78, 5) is 16.2. The van der Waals surface area contributed by atoms with Gasteiger partial charge in [0.2, 0.25) is 5.91 Å². The van der Waals surface area contributed by atoms with E-state index in [4.69, 9.17) is 5.73 Å². The Morgan fingerprint density at radius 3 is 3.17 bits per heavy atom. The van der Waals surface area contributed by atoms with E-state index >= 15 is 0 Å². The Labute approximate surface area is 116 Å². The number of rotatable bonds is 7. The van der Waals surface area contributed by atoms with Crippen molar-refractivity contribution in [3.05, 3.63) is 16.1 Å². The third-order valence-electron chi connectivity index (χ3n) is 2.95. The number of thioether (sulfide) groups is 1. The summed E-state index contributed by atoms with van der Waals surface area (Å²) >= 11 is 3.32. The van der Waals surface area contributed by atoms with Crippen molar-refractivity contribution in [2.45, 2.75) is 37.8 Å². The minimum atomic E-state index is -0.402. The Bertz CT molecular complexity index is 404. The van der Waals surface area contributed by atoms with Crippen molar-refractivity contribution in [1.29, 1.82) is 0 Å². The first-order valence-electron chi connectivity index (χ1n) is 6.17. The molecule has 1 heterocycles. The molecule has 0 spiro atoms. The predicted molar refractivity (Wildman–Crippen MR) is 76.9 cm³/mol. The van der Waals surface area contributed by atoms with Gasteiger partial charge < -0.3 is 11.1 Å². The van der Waals surface area contributed by atoms with Crippen LogP contribution in [0.4, 0.5) is 0 Å². The van der Waals surface area contributed by atoms with E-state index in [0.717, 1.165) is 17.2 Å². The largest absolute Gasteiger partial charge is 0.348 e. The second-order valence-electron chi connectivity index (χ2n) is 4.55. The lowest BCUT2D eigenvalue weighted by Gasteiger charge is -2.10. The smallest absolute Gasteiger partial charge is 0.237 e. The Morgan fingerprint density at radius 2 is 2.50 bits per heavy atom. The molecule has 1 unspecified atom stereocenters. The fourth-order valence-corrected chi connectivity index (χ4v) is 2.95. The number of amides is 1. The van der Waals surface area contributed by atoms with Crippen molar-refractivity contribution in [2.24, 2.45) is 5.73 Å². The lowest BCUT2D eigenvalue weighted by atomic mass is 10.2. The van der Waals surface area contributed by atoms with Gasteiger partial charge in [-0.1, -0.05) is 0 Å². The monoisotopic (exact) mass is 285 g/mol. The van der Waals surface area contributed by atoms with Gasteiger partial charge >= 0.3 is 0 Å². The highest BCUT2D eigenvalue weighted by Gasteiger charge is 2.26. The van der Waals surface area contributed by atoms with Gasteiger partial charge in [-0.25, -0.2) is 4.98 Å². The third-order valence-corrected chi connectivity index (χ3v) is 4.46. The van der Waals surface area contributed by atoms with Crippen LogP contribution in [0.15, 0.2) is 5.38 Å². The number of thiazole rings is 1. The standard InChI is InChI=1S/C12H19N3OS2/c1-17-5-4-9(13)12(16)14-6-11-15-10(7-18-11)8-2-3-8/h7-9H,2-6,13H2,1H3,(H,14,16). The van der Waals surface area contributed by atoms with E-state index < -0.39 is 6.04 Å². The zero-order valence-electron chi connectivity index (χ0n) is 10.5. The van der Waals surface area contributed by atoms with E-state index in [9.17, 15) is 4.79 Å². The number of hydrogen-bond donors (Lipinski definition) is 2. The average molecular weight is 285 g/mol. The van der Waals surface area contributed by atoms with E-state index in [2.05, 4.69) is 15.7 Å². The van der Waals surface area contributed by atoms with Crippen molar-refractivity contribution in [3.8, 4) is 0 Å². The van der Waals surface area contributed by atoms with Crippen LogP contribution in [0.3, 0.4) is 0 Å². The van der Waals surface area contributed by atoms with Crippen LogP contribution in [0.1, 0.15) is 35.9 Å². The first-order chi connectivity index (χ1) is 8.70. The van der Waals surface area contributed by atoms with Gasteiger partial charge in [-0.2, -0.15) is 11.8 Å². The van der Waals surface area contributed by atoms with Gasteiger partial charge in [0.25, 0.3) is 0 Å². The summed E-state index contributed by atoms with van der Waals surface area (Å²) in [7, 11) is 0. The van der Waals surface area contributed by atoms with Crippen molar-refractivity contribution >= 4 is 29.0 Å². The molecule has 1 atom stereocenters. The molecule has 1 aromatic rings. The van der Waals surface area contributed by atoms with Crippen LogP contribution >= 0.6 is 23.1 Å². The third kappa shape index (κ3) is 3.96. The van der Waals surface area contributed by atoms with Gasteiger partial charge in [0.05, 0.1) is 18.3 Å². The number of nitrogens with zero attached hydrogens (tertiary/aromatic N) is 1. The number of carbonyl (C=O) groups is 1. The molecule has 18 heavy (non-hydrogen) atoms. The number of nitrogens with two attached hydrogens (primary N) is 1. The zero-order chi connectivity index (χ0) is 13.0. The summed E-state index contributed by atoms with van der Waals surface area (Å²) < 4.78 is 0. The predicted octanol–water partition coefficient (Wildman–Crippen LogP) is 1.72. The molecule has 1 aliphatic carbocycles. The molecule has 100 valence electrons. The van der Waals surface area contributed by atoms with Gasteiger partial charge in [0, 0.05) is 11.3 Å². The summed E-state index contributed by atoms with van der Waals surface area (Å²) in [5, 5.41) is 5.93. The molecule has 0 saturated heterocycles. The Balaban J connectivity index is 1.73. The SMILES string of the molecule is CSCCC(N)C(=O)NCc1nc(C2CC2)cs1. The first-order valence-corrected chi connectivity index (χ1v) is 8.44. The minimum absolute atomic E-state index is 0.0766. The van der Waals surface area contributed by atoms with E-state index in [1.807, 2.05) is 6.26 Å². The van der Waals surface area contributed by atoms with Crippen molar-refractivity contribution in [1.82, 2.24) is 10.3 Å². The molecular formula is C12H19N3OS2. The number of aromatic nitrogens is 1. The molecule has 4 nitrogen and oxygen atoms in total. The molecule has 0 radical (unpaired) electrons. The molecule has 1 fully saturated rings. The quantitative estimate of drug-likeness (QED) is 0.800. The molecule has 0 bridgehead atoms. The number of nitrogens with one attached hydrogen (secondary N) is 1. The molecule has 1 aromatic heterocycles. The minimum Gasteiger partial charge on any atom is -0.348 e. The molecule has 6 heteroatoms. The molecule has 1 saturated carbocycles. The number of hydrogen-bond acceptors (Lipinski definition) is 5. The molecule has 1 aliphatic rings. The zero-order valence-corrected chi connectivity index (χ0v) is 12.1. The van der Waals surface area contributed by atoms with Crippen LogP contribution < -0.4 is 11.1 Å². The Morgan fingerprint density at radius 1 is 1.72 bits per heavy atom. The van der Waals surface area contributed by atoms with E-state index in [0.29, 0.717) is 12.5 Å². The highest BCUT2D eigenvalue weighted by atomic mass is 32.2. The first kappa shape index (κ1) is 13.8. The van der Waals surface area contributed by atoms with Crippen LogP contribution in [0, 0.1) is 0 Å². The summed E-state index contributed by atoms with van der Waals surface area (Å²) in [5.41, 5.74) is 6.98. The molecule has 1 amide bonds. The topological polar surface area (TPSA) is 68.0 Å².